The lowest BCUT2D eigenvalue weighted by Crippen LogP contribution is -2.50. The molecule has 0 spiro atoms. The van der Waals surface area contributed by atoms with Crippen molar-refractivity contribution in [1.82, 2.24) is 10.2 Å². The Bertz CT molecular complexity index is 469. The monoisotopic (exact) mass is 317 g/mol. The van der Waals surface area contributed by atoms with Crippen LogP contribution in [-0.4, -0.2) is 50.1 Å². The zero-order valence-electron chi connectivity index (χ0n) is 14.8. The first-order valence-electron chi connectivity index (χ1n) is 8.92. The molecule has 1 amide bonds. The smallest absolute Gasteiger partial charge is 0.244 e. The van der Waals surface area contributed by atoms with Gasteiger partial charge in [0.1, 0.15) is 0 Å². The number of likely N-dealkylation sites (tertiary alicyclic amines) is 1. The van der Waals surface area contributed by atoms with Crippen LogP contribution in [0, 0.1) is 5.92 Å². The van der Waals surface area contributed by atoms with Crippen molar-refractivity contribution >= 4 is 11.6 Å². The van der Waals surface area contributed by atoms with Crippen LogP contribution in [0.25, 0.3) is 0 Å². The maximum atomic E-state index is 12.9. The van der Waals surface area contributed by atoms with Gasteiger partial charge in [0.05, 0.1) is 6.04 Å². The standard InChI is InChI=1S/C19H31N3O/c1-4-22(18-8-6-5-7-9-18)19(23)16(2)21-14-11-17(12-15-21)10-13-20-3/h5-9,16-17,20H,4,10-15H2,1-3H3. The third-order valence-electron chi connectivity index (χ3n) is 5.01. The van der Waals surface area contributed by atoms with Gasteiger partial charge in [-0.25, -0.2) is 0 Å². The van der Waals surface area contributed by atoms with Crippen LogP contribution >= 0.6 is 0 Å². The van der Waals surface area contributed by atoms with Crippen LogP contribution < -0.4 is 10.2 Å². The number of piperidine rings is 1. The number of rotatable bonds is 7. The van der Waals surface area contributed by atoms with Crippen molar-refractivity contribution in [2.24, 2.45) is 5.92 Å². The van der Waals surface area contributed by atoms with Gasteiger partial charge in [-0.3, -0.25) is 9.69 Å². The number of carbonyl (C=O) groups is 1. The zero-order valence-corrected chi connectivity index (χ0v) is 14.8. The largest absolute Gasteiger partial charge is 0.320 e. The molecule has 1 aliphatic heterocycles. The van der Waals surface area contributed by atoms with E-state index in [1.165, 1.54) is 19.3 Å². The van der Waals surface area contributed by atoms with Gasteiger partial charge >= 0.3 is 0 Å². The van der Waals surface area contributed by atoms with Gasteiger partial charge in [0.2, 0.25) is 5.91 Å². The highest BCUT2D eigenvalue weighted by Crippen LogP contribution is 2.23. The quantitative estimate of drug-likeness (QED) is 0.840. The van der Waals surface area contributed by atoms with Crippen molar-refractivity contribution < 1.29 is 4.79 Å². The molecule has 0 aliphatic carbocycles. The van der Waals surface area contributed by atoms with Crippen LogP contribution in [0.3, 0.4) is 0 Å². The minimum atomic E-state index is -0.0413. The number of amides is 1. The molecule has 128 valence electrons. The minimum Gasteiger partial charge on any atom is -0.320 e. The Kier molecular flexibility index (Phi) is 7.06. The van der Waals surface area contributed by atoms with E-state index in [0.29, 0.717) is 6.54 Å². The van der Waals surface area contributed by atoms with Crippen molar-refractivity contribution in [3.63, 3.8) is 0 Å². The van der Waals surface area contributed by atoms with Crippen molar-refractivity contribution in [3.05, 3.63) is 30.3 Å². The normalized spacial score (nSPS) is 17.9. The summed E-state index contributed by atoms with van der Waals surface area (Å²) in [7, 11) is 2.01. The van der Waals surface area contributed by atoms with E-state index in [1.807, 2.05) is 49.2 Å². The molecular formula is C19H31N3O. The van der Waals surface area contributed by atoms with Gasteiger partial charge in [-0.15, -0.1) is 0 Å². The van der Waals surface area contributed by atoms with E-state index < -0.39 is 0 Å². The molecule has 0 bridgehead atoms. The molecule has 1 N–H and O–H groups in total. The zero-order chi connectivity index (χ0) is 16.7. The van der Waals surface area contributed by atoms with Crippen LogP contribution in [0.4, 0.5) is 5.69 Å². The molecule has 1 aromatic rings. The van der Waals surface area contributed by atoms with Gasteiger partial charge in [-0.2, -0.15) is 0 Å². The lowest BCUT2D eigenvalue weighted by Gasteiger charge is -2.37. The fourth-order valence-corrected chi connectivity index (χ4v) is 3.43. The maximum Gasteiger partial charge on any atom is 0.244 e. The molecule has 4 heteroatoms. The van der Waals surface area contributed by atoms with E-state index >= 15 is 0 Å². The molecule has 1 saturated heterocycles. The van der Waals surface area contributed by atoms with E-state index in [-0.39, 0.29) is 11.9 Å². The fraction of sp³-hybridized carbons (Fsp3) is 0.632. The first-order chi connectivity index (χ1) is 11.2. The van der Waals surface area contributed by atoms with Gasteiger partial charge in [0, 0.05) is 12.2 Å². The maximum absolute atomic E-state index is 12.9. The van der Waals surface area contributed by atoms with Crippen LogP contribution in [0.1, 0.15) is 33.1 Å². The van der Waals surface area contributed by atoms with Gasteiger partial charge in [-0.05, 0) is 77.8 Å². The molecule has 0 radical (unpaired) electrons. The summed E-state index contributed by atoms with van der Waals surface area (Å²) in [6, 6.07) is 9.95. The molecule has 2 rings (SSSR count). The average molecular weight is 317 g/mol. The van der Waals surface area contributed by atoms with Gasteiger partial charge in [0.15, 0.2) is 0 Å². The Hall–Kier alpha value is -1.39. The molecule has 1 aliphatic rings. The fourth-order valence-electron chi connectivity index (χ4n) is 3.43. The summed E-state index contributed by atoms with van der Waals surface area (Å²) >= 11 is 0. The molecule has 1 fully saturated rings. The highest BCUT2D eigenvalue weighted by molar-refractivity contribution is 5.96. The predicted molar refractivity (Wildman–Crippen MR) is 96.8 cm³/mol. The first kappa shape index (κ1) is 18.0. The summed E-state index contributed by atoms with van der Waals surface area (Å²) in [5.74, 6) is 1.02. The molecule has 1 unspecified atom stereocenters. The number of anilines is 1. The van der Waals surface area contributed by atoms with Crippen molar-refractivity contribution in [1.29, 1.82) is 0 Å². The Morgan fingerprint density at radius 2 is 1.96 bits per heavy atom. The van der Waals surface area contributed by atoms with Crippen LogP contribution in [-0.2, 0) is 4.79 Å². The van der Waals surface area contributed by atoms with E-state index in [9.17, 15) is 4.79 Å². The Labute approximate surface area is 140 Å². The van der Waals surface area contributed by atoms with Crippen molar-refractivity contribution in [3.8, 4) is 0 Å². The molecule has 1 atom stereocenters. The van der Waals surface area contributed by atoms with Gasteiger partial charge < -0.3 is 10.2 Å². The number of nitrogens with one attached hydrogen (secondary N) is 1. The number of benzene rings is 1. The molecule has 1 heterocycles. The SMILES string of the molecule is CCN(C(=O)C(C)N1CCC(CCNC)CC1)c1ccccc1. The van der Waals surface area contributed by atoms with Crippen LogP contribution in [0.15, 0.2) is 30.3 Å². The summed E-state index contributed by atoms with van der Waals surface area (Å²) < 4.78 is 0. The second-order valence-corrected chi connectivity index (χ2v) is 6.47. The third kappa shape index (κ3) is 4.79. The second kappa shape index (κ2) is 9.04. The summed E-state index contributed by atoms with van der Waals surface area (Å²) in [5.41, 5.74) is 0.996. The van der Waals surface area contributed by atoms with Crippen LogP contribution in [0.5, 0.6) is 0 Å². The highest BCUT2D eigenvalue weighted by Gasteiger charge is 2.29. The van der Waals surface area contributed by atoms with Gasteiger partial charge in [0.25, 0.3) is 0 Å². The number of likely N-dealkylation sites (N-methyl/N-ethyl adjacent to an activating group) is 1. The van der Waals surface area contributed by atoms with Crippen molar-refractivity contribution in [2.75, 3.05) is 38.1 Å². The summed E-state index contributed by atoms with van der Waals surface area (Å²) in [4.78, 5) is 17.2. The number of carbonyl (C=O) groups excluding carboxylic acids is 1. The lowest BCUT2D eigenvalue weighted by molar-refractivity contribution is -0.123. The summed E-state index contributed by atoms with van der Waals surface area (Å²) in [6.07, 6.45) is 3.66. The lowest BCUT2D eigenvalue weighted by atomic mass is 9.92. The summed E-state index contributed by atoms with van der Waals surface area (Å²) in [5, 5.41) is 3.23. The van der Waals surface area contributed by atoms with Crippen LogP contribution in [0.2, 0.25) is 0 Å². The molecule has 23 heavy (non-hydrogen) atoms. The Morgan fingerprint density at radius 1 is 1.30 bits per heavy atom. The molecular weight excluding hydrogens is 286 g/mol. The van der Waals surface area contributed by atoms with Crippen molar-refractivity contribution in [2.45, 2.75) is 39.2 Å². The minimum absolute atomic E-state index is 0.0413. The molecule has 0 aromatic heterocycles. The Morgan fingerprint density at radius 3 is 2.52 bits per heavy atom. The van der Waals surface area contributed by atoms with E-state index in [0.717, 1.165) is 31.2 Å². The second-order valence-electron chi connectivity index (χ2n) is 6.47. The number of nitrogens with zero attached hydrogens (tertiary/aromatic N) is 2. The first-order valence-corrected chi connectivity index (χ1v) is 8.92. The van der Waals surface area contributed by atoms with E-state index in [2.05, 4.69) is 17.1 Å². The topological polar surface area (TPSA) is 35.6 Å². The van der Waals surface area contributed by atoms with E-state index in [1.54, 1.807) is 0 Å². The average Bonchev–Trinajstić information content (AvgIpc) is 2.61. The highest BCUT2D eigenvalue weighted by atomic mass is 16.2. The number of hydrogen-bond donors (Lipinski definition) is 1. The molecule has 4 nitrogen and oxygen atoms in total. The summed E-state index contributed by atoms with van der Waals surface area (Å²) in [6.45, 7) is 7.98. The Balaban J connectivity index is 1.92. The molecule has 1 aromatic carbocycles. The number of para-hydroxylation sites is 1. The van der Waals surface area contributed by atoms with Gasteiger partial charge in [-0.1, -0.05) is 18.2 Å². The third-order valence-corrected chi connectivity index (χ3v) is 5.01. The van der Waals surface area contributed by atoms with E-state index in [4.69, 9.17) is 0 Å². The predicted octanol–water partition coefficient (Wildman–Crippen LogP) is 2.75. The number of hydrogen-bond acceptors (Lipinski definition) is 3. The molecule has 0 saturated carbocycles.